The third kappa shape index (κ3) is 4.07. The van der Waals surface area contributed by atoms with Crippen LogP contribution in [0.4, 0.5) is 13.2 Å². The molecule has 4 nitrogen and oxygen atoms in total. The Morgan fingerprint density at radius 3 is 2.47 bits per heavy atom. The van der Waals surface area contributed by atoms with Crippen molar-refractivity contribution < 1.29 is 21.6 Å². The molecule has 0 unspecified atom stereocenters. The Kier molecular flexibility index (Phi) is 4.83. The Hall–Kier alpha value is -0.830. The molecule has 1 aromatic rings. The van der Waals surface area contributed by atoms with Crippen LogP contribution in [0, 0.1) is 0 Å². The number of benzene rings is 1. The number of nitrogens with two attached hydrogens (primary N) is 1. The second-order valence-electron chi connectivity index (χ2n) is 3.90. The fourth-order valence-electron chi connectivity index (χ4n) is 1.26. The molecule has 19 heavy (non-hydrogen) atoms. The van der Waals surface area contributed by atoms with Gasteiger partial charge in [0.1, 0.15) is 4.90 Å². The van der Waals surface area contributed by atoms with Crippen molar-refractivity contribution >= 4 is 21.6 Å². The van der Waals surface area contributed by atoms with E-state index >= 15 is 0 Å². The van der Waals surface area contributed by atoms with E-state index in [-0.39, 0.29) is 11.6 Å². The van der Waals surface area contributed by atoms with E-state index in [0.29, 0.717) is 12.1 Å². The van der Waals surface area contributed by atoms with Crippen LogP contribution in [0.25, 0.3) is 0 Å². The van der Waals surface area contributed by atoms with Gasteiger partial charge in [-0.3, -0.25) is 0 Å². The normalized spacial score (nSPS) is 14.4. The number of alkyl halides is 3. The van der Waals surface area contributed by atoms with Crippen molar-refractivity contribution in [3.63, 3.8) is 0 Å². The summed E-state index contributed by atoms with van der Waals surface area (Å²) in [6.07, 6.45) is -4.64. The van der Waals surface area contributed by atoms with Gasteiger partial charge in [-0.25, -0.2) is 13.1 Å². The molecule has 0 saturated heterocycles. The highest BCUT2D eigenvalue weighted by Gasteiger charge is 2.32. The van der Waals surface area contributed by atoms with Gasteiger partial charge in [0.25, 0.3) is 0 Å². The molecule has 0 aliphatic rings. The van der Waals surface area contributed by atoms with E-state index in [1.54, 1.807) is 0 Å². The van der Waals surface area contributed by atoms with Gasteiger partial charge in [-0.15, -0.1) is 0 Å². The van der Waals surface area contributed by atoms with Gasteiger partial charge >= 0.3 is 6.18 Å². The van der Waals surface area contributed by atoms with Crippen molar-refractivity contribution in [3.8, 4) is 0 Å². The Bertz CT molecular complexity index is 560. The zero-order valence-corrected chi connectivity index (χ0v) is 11.4. The zero-order chi connectivity index (χ0) is 14.8. The van der Waals surface area contributed by atoms with Crippen molar-refractivity contribution in [1.82, 2.24) is 4.72 Å². The standard InChI is InChI=1S/C10H12ClF3N2O2S/c1-6(5-15)16-19(17,18)9-4-7(10(12,13)14)2-3-8(9)11/h2-4,6,16H,5,15H2,1H3/t6-/m0/s1. The smallest absolute Gasteiger partial charge is 0.329 e. The molecule has 0 fully saturated rings. The molecule has 1 rings (SSSR count). The van der Waals surface area contributed by atoms with Crippen LogP contribution in [0.15, 0.2) is 23.1 Å². The van der Waals surface area contributed by atoms with Gasteiger partial charge in [0.05, 0.1) is 10.6 Å². The average molecular weight is 317 g/mol. The Labute approximate surface area is 113 Å². The van der Waals surface area contributed by atoms with Crippen LogP contribution < -0.4 is 10.5 Å². The lowest BCUT2D eigenvalue weighted by Crippen LogP contribution is -2.37. The minimum Gasteiger partial charge on any atom is -0.329 e. The summed E-state index contributed by atoms with van der Waals surface area (Å²) in [6.45, 7) is 1.49. The maximum atomic E-state index is 12.5. The number of hydrogen-bond donors (Lipinski definition) is 2. The van der Waals surface area contributed by atoms with Gasteiger partial charge in [0.15, 0.2) is 0 Å². The van der Waals surface area contributed by atoms with Crippen molar-refractivity contribution in [2.24, 2.45) is 5.73 Å². The molecule has 0 amide bonds. The molecule has 0 aliphatic carbocycles. The number of halogens is 4. The predicted molar refractivity (Wildman–Crippen MR) is 65.3 cm³/mol. The van der Waals surface area contributed by atoms with Gasteiger partial charge in [-0.05, 0) is 25.1 Å². The molecule has 108 valence electrons. The average Bonchev–Trinajstić information content (AvgIpc) is 2.26. The van der Waals surface area contributed by atoms with E-state index in [4.69, 9.17) is 17.3 Å². The van der Waals surface area contributed by atoms with Crippen molar-refractivity contribution in [2.75, 3.05) is 6.54 Å². The summed E-state index contributed by atoms with van der Waals surface area (Å²) in [6, 6.07) is 1.49. The fourth-order valence-corrected chi connectivity index (χ4v) is 3.04. The van der Waals surface area contributed by atoms with E-state index in [9.17, 15) is 21.6 Å². The Morgan fingerprint density at radius 2 is 2.00 bits per heavy atom. The summed E-state index contributed by atoms with van der Waals surface area (Å²) < 4.78 is 63.5. The molecule has 0 radical (unpaired) electrons. The first-order valence-electron chi connectivity index (χ1n) is 5.17. The number of rotatable bonds is 4. The molecule has 9 heteroatoms. The zero-order valence-electron chi connectivity index (χ0n) is 9.83. The number of sulfonamides is 1. The van der Waals surface area contributed by atoms with Crippen molar-refractivity contribution in [3.05, 3.63) is 28.8 Å². The largest absolute Gasteiger partial charge is 0.416 e. The Morgan fingerprint density at radius 1 is 1.42 bits per heavy atom. The van der Waals surface area contributed by atoms with E-state index < -0.39 is 32.7 Å². The topological polar surface area (TPSA) is 72.2 Å². The lowest BCUT2D eigenvalue weighted by molar-refractivity contribution is -0.137. The van der Waals surface area contributed by atoms with Crippen molar-refractivity contribution in [2.45, 2.75) is 24.0 Å². The van der Waals surface area contributed by atoms with Crippen LogP contribution in [-0.4, -0.2) is 21.0 Å². The minimum atomic E-state index is -4.64. The van der Waals surface area contributed by atoms with Gasteiger partial charge in [0.2, 0.25) is 10.0 Å². The van der Waals surface area contributed by atoms with Crippen LogP contribution in [0.1, 0.15) is 12.5 Å². The maximum absolute atomic E-state index is 12.5. The van der Waals surface area contributed by atoms with Crippen LogP contribution in [0.2, 0.25) is 5.02 Å². The highest BCUT2D eigenvalue weighted by molar-refractivity contribution is 7.89. The second-order valence-corrected chi connectivity index (χ2v) is 5.99. The monoisotopic (exact) mass is 316 g/mol. The maximum Gasteiger partial charge on any atom is 0.416 e. The number of nitrogens with one attached hydrogen (secondary N) is 1. The SMILES string of the molecule is C[C@@H](CN)NS(=O)(=O)c1cc(C(F)(F)F)ccc1Cl. The molecule has 0 aromatic heterocycles. The molecule has 0 heterocycles. The van der Waals surface area contributed by atoms with E-state index in [2.05, 4.69) is 4.72 Å². The Balaban J connectivity index is 3.26. The molecule has 1 atom stereocenters. The molecular formula is C10H12ClF3N2O2S. The van der Waals surface area contributed by atoms with Crippen LogP contribution in [0.5, 0.6) is 0 Å². The highest BCUT2D eigenvalue weighted by atomic mass is 35.5. The lowest BCUT2D eigenvalue weighted by Gasteiger charge is -2.14. The van der Waals surface area contributed by atoms with Crippen molar-refractivity contribution in [1.29, 1.82) is 0 Å². The summed E-state index contributed by atoms with van der Waals surface area (Å²) in [4.78, 5) is -0.621. The van der Waals surface area contributed by atoms with Crippen LogP contribution >= 0.6 is 11.6 Å². The fraction of sp³-hybridized carbons (Fsp3) is 0.400. The molecule has 1 aromatic carbocycles. The van der Waals surface area contributed by atoms with Gasteiger partial charge in [-0.1, -0.05) is 11.6 Å². The second kappa shape index (κ2) is 5.66. The molecule has 0 saturated carbocycles. The molecule has 0 bridgehead atoms. The summed E-state index contributed by atoms with van der Waals surface area (Å²) in [7, 11) is -4.15. The molecule has 0 spiro atoms. The predicted octanol–water partition coefficient (Wildman–Crippen LogP) is 1.98. The first-order valence-corrected chi connectivity index (χ1v) is 7.03. The lowest BCUT2D eigenvalue weighted by atomic mass is 10.2. The first-order chi connectivity index (χ1) is 8.58. The van der Waals surface area contributed by atoms with Gasteiger partial charge in [-0.2, -0.15) is 13.2 Å². The van der Waals surface area contributed by atoms with Gasteiger partial charge < -0.3 is 5.73 Å². The van der Waals surface area contributed by atoms with E-state index in [1.807, 2.05) is 0 Å². The van der Waals surface area contributed by atoms with E-state index in [1.165, 1.54) is 6.92 Å². The van der Waals surface area contributed by atoms with Crippen LogP contribution in [-0.2, 0) is 16.2 Å². The third-order valence-electron chi connectivity index (χ3n) is 2.26. The highest BCUT2D eigenvalue weighted by Crippen LogP contribution is 2.33. The summed E-state index contributed by atoms with van der Waals surface area (Å²) in [5, 5.41) is -0.287. The molecular weight excluding hydrogens is 305 g/mol. The number of hydrogen-bond acceptors (Lipinski definition) is 3. The minimum absolute atomic E-state index is 0.00973. The van der Waals surface area contributed by atoms with Crippen LogP contribution in [0.3, 0.4) is 0 Å². The summed E-state index contributed by atoms with van der Waals surface area (Å²) >= 11 is 5.64. The van der Waals surface area contributed by atoms with Gasteiger partial charge in [0, 0.05) is 12.6 Å². The quantitative estimate of drug-likeness (QED) is 0.892. The van der Waals surface area contributed by atoms with E-state index in [0.717, 1.165) is 6.07 Å². The first kappa shape index (κ1) is 16.2. The third-order valence-corrected chi connectivity index (χ3v) is 4.33. The summed E-state index contributed by atoms with van der Waals surface area (Å²) in [5.41, 5.74) is 4.17. The molecule has 3 N–H and O–H groups in total. The summed E-state index contributed by atoms with van der Waals surface area (Å²) in [5.74, 6) is 0. The molecule has 0 aliphatic heterocycles.